The highest BCUT2D eigenvalue weighted by Gasteiger charge is 2.04. The number of nitrogens with zero attached hydrogens (tertiary/aromatic N) is 4. The second kappa shape index (κ2) is 7.94. The molecule has 0 aliphatic carbocycles. The van der Waals surface area contributed by atoms with E-state index in [9.17, 15) is 0 Å². The summed E-state index contributed by atoms with van der Waals surface area (Å²) in [5.41, 5.74) is 4.30. The number of thiocarbonyl (C=S) groups is 1. The normalized spacial score (nSPS) is 10.6. The number of nitrogens with one attached hydrogen (secondary N) is 2. The fourth-order valence-corrected chi connectivity index (χ4v) is 2.61. The van der Waals surface area contributed by atoms with Gasteiger partial charge in [-0.15, -0.1) is 0 Å². The van der Waals surface area contributed by atoms with Gasteiger partial charge in [-0.2, -0.15) is 10.2 Å². The summed E-state index contributed by atoms with van der Waals surface area (Å²) in [4.78, 5) is 0. The molecule has 130 valence electrons. The van der Waals surface area contributed by atoms with Crippen LogP contribution in [0, 0.1) is 6.92 Å². The van der Waals surface area contributed by atoms with Gasteiger partial charge in [-0.25, -0.2) is 0 Å². The van der Waals surface area contributed by atoms with Gasteiger partial charge in [0.1, 0.15) is 0 Å². The van der Waals surface area contributed by atoms with Crippen LogP contribution < -0.4 is 10.6 Å². The predicted octanol–water partition coefficient (Wildman–Crippen LogP) is 2.94. The quantitative estimate of drug-likeness (QED) is 0.667. The molecule has 0 saturated carbocycles. The molecule has 0 spiro atoms. The number of aryl methyl sites for hydroxylation is 2. The highest BCUT2D eigenvalue weighted by Crippen LogP contribution is 2.09. The summed E-state index contributed by atoms with van der Waals surface area (Å²) < 4.78 is 3.78. The van der Waals surface area contributed by atoms with Crippen LogP contribution >= 0.6 is 12.2 Å². The summed E-state index contributed by atoms with van der Waals surface area (Å²) in [6.45, 7) is 6.33. The lowest BCUT2D eigenvalue weighted by Crippen LogP contribution is -2.28. The van der Waals surface area contributed by atoms with E-state index in [1.165, 1.54) is 11.1 Å². The molecule has 25 heavy (non-hydrogen) atoms. The largest absolute Gasteiger partial charge is 0.357 e. The van der Waals surface area contributed by atoms with E-state index in [-0.39, 0.29) is 0 Å². The van der Waals surface area contributed by atoms with E-state index in [0.29, 0.717) is 11.7 Å². The van der Waals surface area contributed by atoms with Crippen molar-refractivity contribution in [1.29, 1.82) is 0 Å². The standard InChI is InChI=1S/C18H22N6S/c1-3-23-9-8-16(22-23)10-19-18(25)21-17-11-20-24(13-17)12-15-6-4-14(2)5-7-15/h4-9,11,13H,3,10,12H2,1-2H3,(H2,19,21,25). The lowest BCUT2D eigenvalue weighted by molar-refractivity contribution is 0.643. The summed E-state index contributed by atoms with van der Waals surface area (Å²) >= 11 is 5.33. The fraction of sp³-hybridized carbons (Fsp3) is 0.278. The van der Waals surface area contributed by atoms with Crippen LogP contribution in [-0.4, -0.2) is 24.7 Å². The highest BCUT2D eigenvalue weighted by atomic mass is 32.1. The molecule has 0 bridgehead atoms. The number of hydrogen-bond donors (Lipinski definition) is 2. The number of rotatable bonds is 6. The zero-order valence-corrected chi connectivity index (χ0v) is 15.3. The third-order valence-corrected chi connectivity index (χ3v) is 4.05. The Balaban J connectivity index is 1.50. The SMILES string of the molecule is CCn1ccc(CNC(=S)Nc2cnn(Cc3ccc(C)cc3)c2)n1. The molecule has 0 aliphatic rings. The third-order valence-electron chi connectivity index (χ3n) is 3.81. The van der Waals surface area contributed by atoms with Crippen molar-refractivity contribution in [2.45, 2.75) is 33.5 Å². The van der Waals surface area contributed by atoms with Gasteiger partial charge >= 0.3 is 0 Å². The summed E-state index contributed by atoms with van der Waals surface area (Å²) in [7, 11) is 0. The summed E-state index contributed by atoms with van der Waals surface area (Å²) in [6.07, 6.45) is 5.68. The van der Waals surface area contributed by atoms with Gasteiger partial charge < -0.3 is 10.6 Å². The maximum Gasteiger partial charge on any atom is 0.171 e. The van der Waals surface area contributed by atoms with E-state index in [0.717, 1.165) is 24.5 Å². The second-order valence-corrected chi connectivity index (χ2v) is 6.29. The van der Waals surface area contributed by atoms with Crippen molar-refractivity contribution in [2.75, 3.05) is 5.32 Å². The molecule has 0 radical (unpaired) electrons. The highest BCUT2D eigenvalue weighted by molar-refractivity contribution is 7.80. The molecule has 0 aliphatic heterocycles. The Morgan fingerprint density at radius 2 is 1.96 bits per heavy atom. The monoisotopic (exact) mass is 354 g/mol. The zero-order valence-electron chi connectivity index (χ0n) is 14.4. The molecule has 0 amide bonds. The van der Waals surface area contributed by atoms with Crippen LogP contribution in [0.5, 0.6) is 0 Å². The van der Waals surface area contributed by atoms with Gasteiger partial charge in [0.05, 0.1) is 30.7 Å². The van der Waals surface area contributed by atoms with Crippen molar-refractivity contribution in [3.8, 4) is 0 Å². The molecular formula is C18H22N6S. The van der Waals surface area contributed by atoms with Crippen molar-refractivity contribution in [3.05, 3.63) is 65.7 Å². The van der Waals surface area contributed by atoms with Crippen LogP contribution in [0.2, 0.25) is 0 Å². The van der Waals surface area contributed by atoms with Crippen molar-refractivity contribution in [1.82, 2.24) is 24.9 Å². The molecule has 2 heterocycles. The Morgan fingerprint density at radius 1 is 1.16 bits per heavy atom. The molecular weight excluding hydrogens is 332 g/mol. The lowest BCUT2D eigenvalue weighted by Gasteiger charge is -2.07. The van der Waals surface area contributed by atoms with Gasteiger partial charge in [0.25, 0.3) is 0 Å². The minimum absolute atomic E-state index is 0.556. The fourth-order valence-electron chi connectivity index (χ4n) is 2.42. The summed E-state index contributed by atoms with van der Waals surface area (Å²) in [5.74, 6) is 0. The average Bonchev–Trinajstić information content (AvgIpc) is 3.24. The number of anilines is 1. The van der Waals surface area contributed by atoms with E-state index >= 15 is 0 Å². The van der Waals surface area contributed by atoms with Crippen LogP contribution in [-0.2, 0) is 19.6 Å². The van der Waals surface area contributed by atoms with Crippen LogP contribution in [0.4, 0.5) is 5.69 Å². The first-order chi connectivity index (χ1) is 12.1. The van der Waals surface area contributed by atoms with Gasteiger partial charge in [-0.1, -0.05) is 29.8 Å². The summed E-state index contributed by atoms with van der Waals surface area (Å²) in [6, 6.07) is 10.4. The predicted molar refractivity (Wildman–Crippen MR) is 103 cm³/mol. The maximum absolute atomic E-state index is 5.33. The smallest absolute Gasteiger partial charge is 0.171 e. The molecule has 7 heteroatoms. The first-order valence-electron chi connectivity index (χ1n) is 8.27. The molecule has 3 aromatic rings. The van der Waals surface area contributed by atoms with Crippen LogP contribution in [0.1, 0.15) is 23.7 Å². The third kappa shape index (κ3) is 4.90. The molecule has 0 fully saturated rings. The van der Waals surface area contributed by atoms with E-state index in [1.54, 1.807) is 6.20 Å². The first-order valence-corrected chi connectivity index (χ1v) is 8.68. The molecule has 6 nitrogen and oxygen atoms in total. The van der Waals surface area contributed by atoms with Crippen molar-refractivity contribution < 1.29 is 0 Å². The molecule has 0 atom stereocenters. The van der Waals surface area contributed by atoms with Crippen molar-refractivity contribution in [3.63, 3.8) is 0 Å². The van der Waals surface area contributed by atoms with E-state index < -0.39 is 0 Å². The molecule has 3 rings (SSSR count). The molecule has 2 aromatic heterocycles. The van der Waals surface area contributed by atoms with E-state index in [1.807, 2.05) is 27.8 Å². The van der Waals surface area contributed by atoms with E-state index in [2.05, 4.69) is 58.9 Å². The van der Waals surface area contributed by atoms with Gasteiger partial charge in [0.2, 0.25) is 0 Å². The Kier molecular flexibility index (Phi) is 5.45. The minimum Gasteiger partial charge on any atom is -0.357 e. The zero-order chi connectivity index (χ0) is 17.6. The molecule has 0 saturated heterocycles. The second-order valence-electron chi connectivity index (χ2n) is 5.88. The van der Waals surface area contributed by atoms with Crippen LogP contribution in [0.25, 0.3) is 0 Å². The van der Waals surface area contributed by atoms with Crippen molar-refractivity contribution >= 4 is 23.0 Å². The van der Waals surface area contributed by atoms with Gasteiger partial charge in [0, 0.05) is 18.9 Å². The Hall–Kier alpha value is -2.67. The van der Waals surface area contributed by atoms with Crippen LogP contribution in [0.3, 0.4) is 0 Å². The number of hydrogen-bond acceptors (Lipinski definition) is 3. The number of benzene rings is 1. The topological polar surface area (TPSA) is 59.7 Å². The number of aromatic nitrogens is 4. The van der Waals surface area contributed by atoms with Crippen molar-refractivity contribution in [2.24, 2.45) is 0 Å². The van der Waals surface area contributed by atoms with Crippen LogP contribution in [0.15, 0.2) is 48.9 Å². The maximum atomic E-state index is 5.33. The molecule has 0 unspecified atom stereocenters. The van der Waals surface area contributed by atoms with Gasteiger partial charge in [-0.3, -0.25) is 9.36 Å². The Bertz CT molecular complexity index is 833. The van der Waals surface area contributed by atoms with E-state index in [4.69, 9.17) is 12.2 Å². The molecule has 2 N–H and O–H groups in total. The first kappa shape index (κ1) is 17.2. The van der Waals surface area contributed by atoms with Gasteiger partial charge in [0.15, 0.2) is 5.11 Å². The minimum atomic E-state index is 0.556. The Labute approximate surface area is 152 Å². The summed E-state index contributed by atoms with van der Waals surface area (Å²) in [5, 5.41) is 15.7. The lowest BCUT2D eigenvalue weighted by atomic mass is 10.1. The Morgan fingerprint density at radius 3 is 2.68 bits per heavy atom. The average molecular weight is 354 g/mol. The van der Waals surface area contributed by atoms with Gasteiger partial charge in [-0.05, 0) is 37.7 Å². The molecule has 1 aromatic carbocycles.